The van der Waals surface area contributed by atoms with Gasteiger partial charge in [-0.15, -0.1) is 12.4 Å². The molecule has 0 saturated carbocycles. The first-order chi connectivity index (χ1) is 10.1. The van der Waals surface area contributed by atoms with E-state index in [1.54, 1.807) is 32.4 Å². The zero-order chi connectivity index (χ0) is 15.3. The van der Waals surface area contributed by atoms with Crippen molar-refractivity contribution in [2.75, 3.05) is 33.9 Å². The smallest absolute Gasteiger partial charge is 0.255 e. The van der Waals surface area contributed by atoms with E-state index in [2.05, 4.69) is 17.6 Å². The highest BCUT2D eigenvalue weighted by atomic mass is 35.5. The summed E-state index contributed by atoms with van der Waals surface area (Å²) in [6.45, 7) is 4.93. The third kappa shape index (κ3) is 4.52. The highest BCUT2D eigenvalue weighted by molar-refractivity contribution is 5.97. The second kappa shape index (κ2) is 8.25. The summed E-state index contributed by atoms with van der Waals surface area (Å²) in [4.78, 5) is 12.4. The highest BCUT2D eigenvalue weighted by Crippen LogP contribution is 2.28. The van der Waals surface area contributed by atoms with E-state index in [1.807, 2.05) is 0 Å². The summed E-state index contributed by atoms with van der Waals surface area (Å²) >= 11 is 0. The number of halogens is 1. The first-order valence-electron chi connectivity index (χ1n) is 7.29. The van der Waals surface area contributed by atoms with Gasteiger partial charge in [-0.25, -0.2) is 0 Å². The number of carbonyl (C=O) groups is 1. The lowest BCUT2D eigenvalue weighted by atomic mass is 9.81. The van der Waals surface area contributed by atoms with Crippen molar-refractivity contribution in [3.05, 3.63) is 23.8 Å². The Morgan fingerprint density at radius 2 is 1.95 bits per heavy atom. The normalized spacial score (nSPS) is 16.3. The number of methoxy groups -OCH3 is 2. The average Bonchev–Trinajstić information content (AvgIpc) is 2.52. The van der Waals surface area contributed by atoms with Crippen LogP contribution in [0.4, 0.5) is 0 Å². The van der Waals surface area contributed by atoms with Crippen LogP contribution in [0.25, 0.3) is 0 Å². The molecule has 0 spiro atoms. The second-order valence-corrected chi connectivity index (χ2v) is 5.81. The Hall–Kier alpha value is -1.46. The van der Waals surface area contributed by atoms with Crippen LogP contribution in [0.5, 0.6) is 11.5 Å². The molecule has 1 aliphatic heterocycles. The molecule has 5 nitrogen and oxygen atoms in total. The quantitative estimate of drug-likeness (QED) is 0.870. The molecule has 1 fully saturated rings. The summed E-state index contributed by atoms with van der Waals surface area (Å²) in [5.41, 5.74) is 0.705. The standard InChI is InChI=1S/C16H24N2O3.ClH/c1-16(6-8-17-9-7-16)11-18-15(19)13-5-4-12(20-2)10-14(13)21-3;/h4-5,10,17H,6-9,11H2,1-3H3,(H,18,19);1H. The van der Waals surface area contributed by atoms with Gasteiger partial charge in [-0.3, -0.25) is 4.79 Å². The van der Waals surface area contributed by atoms with Gasteiger partial charge < -0.3 is 20.1 Å². The molecule has 22 heavy (non-hydrogen) atoms. The lowest BCUT2D eigenvalue weighted by molar-refractivity contribution is 0.0919. The Labute approximate surface area is 138 Å². The minimum Gasteiger partial charge on any atom is -0.497 e. The van der Waals surface area contributed by atoms with Crippen LogP contribution in [0.15, 0.2) is 18.2 Å². The lowest BCUT2D eigenvalue weighted by Gasteiger charge is -2.34. The first-order valence-corrected chi connectivity index (χ1v) is 7.29. The van der Waals surface area contributed by atoms with E-state index in [0.29, 0.717) is 23.6 Å². The zero-order valence-corrected chi connectivity index (χ0v) is 14.2. The van der Waals surface area contributed by atoms with Crippen LogP contribution in [0.1, 0.15) is 30.1 Å². The van der Waals surface area contributed by atoms with E-state index in [1.165, 1.54) is 0 Å². The molecular weight excluding hydrogens is 304 g/mol. The predicted molar refractivity (Wildman–Crippen MR) is 89.3 cm³/mol. The number of piperidine rings is 1. The third-order valence-electron chi connectivity index (χ3n) is 4.14. The summed E-state index contributed by atoms with van der Waals surface area (Å²) in [5.74, 6) is 1.10. The Morgan fingerprint density at radius 1 is 1.27 bits per heavy atom. The molecule has 2 rings (SSSR count). The molecule has 0 bridgehead atoms. The SMILES string of the molecule is COc1ccc(C(=O)NCC2(C)CCNCC2)c(OC)c1.Cl. The molecule has 0 aliphatic carbocycles. The summed E-state index contributed by atoms with van der Waals surface area (Å²) in [6, 6.07) is 5.22. The average molecular weight is 329 g/mol. The highest BCUT2D eigenvalue weighted by Gasteiger charge is 2.27. The summed E-state index contributed by atoms with van der Waals surface area (Å²) in [5, 5.41) is 6.38. The maximum absolute atomic E-state index is 12.4. The lowest BCUT2D eigenvalue weighted by Crippen LogP contribution is -2.42. The molecule has 0 aromatic heterocycles. The number of hydrogen-bond acceptors (Lipinski definition) is 4. The summed E-state index contributed by atoms with van der Waals surface area (Å²) in [7, 11) is 3.14. The minimum atomic E-state index is -0.103. The van der Waals surface area contributed by atoms with Gasteiger partial charge >= 0.3 is 0 Å². The molecule has 0 unspecified atom stereocenters. The van der Waals surface area contributed by atoms with E-state index in [9.17, 15) is 4.79 Å². The fraction of sp³-hybridized carbons (Fsp3) is 0.562. The Morgan fingerprint density at radius 3 is 2.55 bits per heavy atom. The van der Waals surface area contributed by atoms with Crippen molar-refractivity contribution in [1.29, 1.82) is 0 Å². The molecule has 6 heteroatoms. The zero-order valence-electron chi connectivity index (χ0n) is 13.4. The van der Waals surface area contributed by atoms with Gasteiger partial charge in [-0.1, -0.05) is 6.92 Å². The molecule has 1 amide bonds. The van der Waals surface area contributed by atoms with Crippen molar-refractivity contribution in [3.63, 3.8) is 0 Å². The third-order valence-corrected chi connectivity index (χ3v) is 4.14. The maximum atomic E-state index is 12.4. The monoisotopic (exact) mass is 328 g/mol. The van der Waals surface area contributed by atoms with Crippen LogP contribution in [0.3, 0.4) is 0 Å². The number of carbonyl (C=O) groups excluding carboxylic acids is 1. The van der Waals surface area contributed by atoms with Crippen molar-refractivity contribution >= 4 is 18.3 Å². The van der Waals surface area contributed by atoms with Gasteiger partial charge in [0, 0.05) is 12.6 Å². The van der Waals surface area contributed by atoms with Gasteiger partial charge in [0.2, 0.25) is 0 Å². The summed E-state index contributed by atoms with van der Waals surface area (Å²) < 4.78 is 10.4. The van der Waals surface area contributed by atoms with Gasteiger partial charge in [0.05, 0.1) is 19.8 Å². The number of rotatable bonds is 5. The van der Waals surface area contributed by atoms with Crippen LogP contribution < -0.4 is 20.1 Å². The number of nitrogens with one attached hydrogen (secondary N) is 2. The molecule has 0 radical (unpaired) electrons. The van der Waals surface area contributed by atoms with Crippen LogP contribution in [0.2, 0.25) is 0 Å². The van der Waals surface area contributed by atoms with Crippen molar-refractivity contribution < 1.29 is 14.3 Å². The van der Waals surface area contributed by atoms with Crippen LogP contribution in [0, 0.1) is 5.41 Å². The molecule has 124 valence electrons. The van der Waals surface area contributed by atoms with Gasteiger partial charge in [0.25, 0.3) is 5.91 Å². The summed E-state index contributed by atoms with van der Waals surface area (Å²) in [6.07, 6.45) is 2.15. The molecule has 1 aliphatic rings. The largest absolute Gasteiger partial charge is 0.497 e. The molecule has 2 N–H and O–H groups in total. The van der Waals surface area contributed by atoms with Crippen LogP contribution in [-0.4, -0.2) is 39.8 Å². The maximum Gasteiger partial charge on any atom is 0.255 e. The Balaban J connectivity index is 0.00000242. The van der Waals surface area contributed by atoms with E-state index >= 15 is 0 Å². The number of ether oxygens (including phenoxy) is 2. The molecule has 0 atom stereocenters. The van der Waals surface area contributed by atoms with Crippen molar-refractivity contribution in [2.24, 2.45) is 5.41 Å². The molecule has 1 aromatic rings. The van der Waals surface area contributed by atoms with Gasteiger partial charge in [-0.05, 0) is 43.5 Å². The van der Waals surface area contributed by atoms with E-state index < -0.39 is 0 Å². The van der Waals surface area contributed by atoms with Gasteiger partial charge in [0.15, 0.2) is 0 Å². The fourth-order valence-electron chi connectivity index (χ4n) is 2.58. The second-order valence-electron chi connectivity index (χ2n) is 5.81. The first kappa shape index (κ1) is 18.6. The van der Waals surface area contributed by atoms with Gasteiger partial charge in [-0.2, -0.15) is 0 Å². The molecule has 1 aromatic carbocycles. The Kier molecular flexibility index (Phi) is 6.97. The number of hydrogen-bond donors (Lipinski definition) is 2. The van der Waals surface area contributed by atoms with E-state index in [4.69, 9.17) is 9.47 Å². The van der Waals surface area contributed by atoms with Crippen molar-refractivity contribution in [3.8, 4) is 11.5 Å². The Bertz CT molecular complexity index is 502. The van der Waals surface area contributed by atoms with E-state index in [0.717, 1.165) is 25.9 Å². The van der Waals surface area contributed by atoms with Gasteiger partial charge in [0.1, 0.15) is 11.5 Å². The number of benzene rings is 1. The van der Waals surface area contributed by atoms with Crippen molar-refractivity contribution in [1.82, 2.24) is 10.6 Å². The van der Waals surface area contributed by atoms with Crippen molar-refractivity contribution in [2.45, 2.75) is 19.8 Å². The number of amides is 1. The van der Waals surface area contributed by atoms with Crippen LogP contribution >= 0.6 is 12.4 Å². The molecule has 1 heterocycles. The minimum absolute atomic E-state index is 0. The predicted octanol–water partition coefficient (Wildman–Crippen LogP) is 2.25. The topological polar surface area (TPSA) is 59.6 Å². The fourth-order valence-corrected chi connectivity index (χ4v) is 2.58. The molecular formula is C16H25ClN2O3. The molecule has 1 saturated heterocycles. The van der Waals surface area contributed by atoms with Crippen LogP contribution in [-0.2, 0) is 0 Å². The van der Waals surface area contributed by atoms with E-state index in [-0.39, 0.29) is 23.7 Å².